The average molecular weight is 262 g/mol. The largest absolute Gasteiger partial charge is 0.337 e. The molecule has 17 heavy (non-hydrogen) atoms. The highest BCUT2D eigenvalue weighted by Gasteiger charge is 2.21. The molecule has 1 saturated heterocycles. The fourth-order valence-electron chi connectivity index (χ4n) is 1.92. The summed E-state index contributed by atoms with van der Waals surface area (Å²) >= 11 is 5.39. The molecule has 6 heteroatoms. The van der Waals surface area contributed by atoms with E-state index in [1.54, 1.807) is 0 Å². The summed E-state index contributed by atoms with van der Waals surface area (Å²) in [6.45, 7) is 5.92. The maximum atomic E-state index is 11.3. The van der Waals surface area contributed by atoms with E-state index in [4.69, 9.17) is 11.6 Å². The molecule has 0 aromatic rings. The maximum absolute atomic E-state index is 11.3. The smallest absolute Gasteiger partial charge is 0.321 e. The predicted molar refractivity (Wildman–Crippen MR) is 67.1 cm³/mol. The summed E-state index contributed by atoms with van der Waals surface area (Å²) in [5.41, 5.74) is 0. The molecule has 0 bridgehead atoms. The van der Waals surface area contributed by atoms with Gasteiger partial charge in [-0.15, -0.1) is 11.6 Å². The summed E-state index contributed by atoms with van der Waals surface area (Å²) < 4.78 is 0. The van der Waals surface area contributed by atoms with E-state index >= 15 is 0 Å². The van der Waals surface area contributed by atoms with Crippen LogP contribution in [0.4, 0.5) is 4.79 Å². The van der Waals surface area contributed by atoms with E-state index in [2.05, 4.69) is 22.5 Å². The second-order valence-corrected chi connectivity index (χ2v) is 4.62. The molecule has 3 amide bonds. The lowest BCUT2D eigenvalue weighted by Crippen LogP contribution is -2.41. The van der Waals surface area contributed by atoms with Crippen LogP contribution in [-0.2, 0) is 4.79 Å². The van der Waals surface area contributed by atoms with Gasteiger partial charge in [0.05, 0.1) is 0 Å². The zero-order valence-corrected chi connectivity index (χ0v) is 10.9. The van der Waals surface area contributed by atoms with Crippen LogP contribution in [-0.4, -0.2) is 48.9 Å². The highest BCUT2D eigenvalue weighted by Crippen LogP contribution is 2.14. The Morgan fingerprint density at radius 2 is 2.24 bits per heavy atom. The number of hydrogen-bond donors (Lipinski definition) is 2. The summed E-state index contributed by atoms with van der Waals surface area (Å²) in [7, 11) is 0. The first kappa shape index (κ1) is 14.3. The zero-order valence-electron chi connectivity index (χ0n) is 10.2. The third kappa shape index (κ3) is 5.37. The number of halogens is 1. The lowest BCUT2D eigenvalue weighted by atomic mass is 10.1. The minimum absolute atomic E-state index is 0.169. The van der Waals surface area contributed by atoms with Gasteiger partial charge in [-0.2, -0.15) is 0 Å². The van der Waals surface area contributed by atoms with E-state index in [0.29, 0.717) is 12.5 Å². The normalized spacial score (nSPS) is 20.2. The Labute approximate surface area is 107 Å². The minimum atomic E-state index is -0.421. The lowest BCUT2D eigenvalue weighted by molar-refractivity contribution is -0.119. The van der Waals surface area contributed by atoms with Crippen molar-refractivity contribution in [3.05, 3.63) is 0 Å². The van der Waals surface area contributed by atoms with Gasteiger partial charge in [0.15, 0.2) is 0 Å². The molecule has 0 aromatic heterocycles. The molecule has 1 aliphatic rings. The fraction of sp³-hybridized carbons (Fsp3) is 0.818. The number of nitrogens with zero attached hydrogens (tertiary/aromatic N) is 1. The van der Waals surface area contributed by atoms with Gasteiger partial charge < -0.3 is 10.2 Å². The number of amides is 3. The monoisotopic (exact) mass is 261 g/mol. The van der Waals surface area contributed by atoms with Crippen molar-refractivity contribution in [3.8, 4) is 0 Å². The van der Waals surface area contributed by atoms with Crippen molar-refractivity contribution in [2.75, 3.05) is 32.1 Å². The van der Waals surface area contributed by atoms with Crippen LogP contribution >= 0.6 is 11.6 Å². The highest BCUT2D eigenvalue weighted by molar-refractivity contribution is 6.19. The van der Waals surface area contributed by atoms with Gasteiger partial charge in [-0.1, -0.05) is 6.92 Å². The molecule has 0 spiro atoms. The predicted octanol–water partition coefficient (Wildman–Crippen LogP) is 0.783. The SMILES string of the molecule is CCN1CCC(CNC(=O)NC(=O)CCCl)C1. The van der Waals surface area contributed by atoms with E-state index < -0.39 is 6.03 Å². The molecule has 0 radical (unpaired) electrons. The van der Waals surface area contributed by atoms with Crippen LogP contribution in [0.15, 0.2) is 0 Å². The Kier molecular flexibility index (Phi) is 6.29. The van der Waals surface area contributed by atoms with Gasteiger partial charge >= 0.3 is 6.03 Å². The minimum Gasteiger partial charge on any atom is -0.337 e. The van der Waals surface area contributed by atoms with Crippen LogP contribution in [0.3, 0.4) is 0 Å². The molecule has 1 atom stereocenters. The maximum Gasteiger partial charge on any atom is 0.321 e. The van der Waals surface area contributed by atoms with Crippen molar-refractivity contribution in [2.45, 2.75) is 19.8 Å². The van der Waals surface area contributed by atoms with Gasteiger partial charge in [0.25, 0.3) is 0 Å². The lowest BCUT2D eigenvalue weighted by Gasteiger charge is -2.13. The van der Waals surface area contributed by atoms with Crippen LogP contribution < -0.4 is 10.6 Å². The van der Waals surface area contributed by atoms with Gasteiger partial charge in [-0.05, 0) is 25.4 Å². The van der Waals surface area contributed by atoms with E-state index in [9.17, 15) is 9.59 Å². The number of hydrogen-bond acceptors (Lipinski definition) is 3. The Balaban J connectivity index is 2.14. The number of rotatable bonds is 5. The summed E-state index contributed by atoms with van der Waals surface area (Å²) in [4.78, 5) is 24.8. The van der Waals surface area contributed by atoms with E-state index in [-0.39, 0.29) is 18.2 Å². The van der Waals surface area contributed by atoms with Gasteiger partial charge in [0.1, 0.15) is 0 Å². The summed E-state index contributed by atoms with van der Waals surface area (Å²) in [6, 6.07) is -0.421. The van der Waals surface area contributed by atoms with Crippen molar-refractivity contribution in [2.24, 2.45) is 5.92 Å². The van der Waals surface area contributed by atoms with Gasteiger partial charge in [0, 0.05) is 25.4 Å². The number of urea groups is 1. The molecule has 1 unspecified atom stereocenters. The van der Waals surface area contributed by atoms with E-state index in [0.717, 1.165) is 26.1 Å². The zero-order chi connectivity index (χ0) is 12.7. The molecule has 2 N–H and O–H groups in total. The van der Waals surface area contributed by atoms with Crippen LogP contribution in [0.1, 0.15) is 19.8 Å². The molecule has 1 fully saturated rings. The highest BCUT2D eigenvalue weighted by atomic mass is 35.5. The second-order valence-electron chi connectivity index (χ2n) is 4.25. The summed E-state index contributed by atoms with van der Waals surface area (Å²) in [5.74, 6) is 0.385. The first-order valence-corrected chi connectivity index (χ1v) is 6.55. The molecule has 1 heterocycles. The van der Waals surface area contributed by atoms with Crippen LogP contribution in [0.5, 0.6) is 0 Å². The number of alkyl halides is 1. The van der Waals surface area contributed by atoms with Gasteiger partial charge in [-0.3, -0.25) is 10.1 Å². The van der Waals surface area contributed by atoms with Crippen LogP contribution in [0.2, 0.25) is 0 Å². The molecular formula is C11H20ClN3O2. The number of imide groups is 1. The number of nitrogens with one attached hydrogen (secondary N) is 2. The third-order valence-corrected chi connectivity index (χ3v) is 3.13. The molecule has 1 rings (SSSR count). The Bertz CT molecular complexity index is 273. The van der Waals surface area contributed by atoms with Gasteiger partial charge in [-0.25, -0.2) is 4.79 Å². The molecule has 98 valence electrons. The van der Waals surface area contributed by atoms with Crippen molar-refractivity contribution < 1.29 is 9.59 Å². The Hall–Kier alpha value is -0.810. The Morgan fingerprint density at radius 1 is 1.47 bits per heavy atom. The molecule has 5 nitrogen and oxygen atoms in total. The first-order chi connectivity index (χ1) is 8.15. The van der Waals surface area contributed by atoms with Crippen molar-refractivity contribution in [1.82, 2.24) is 15.5 Å². The molecule has 0 aromatic carbocycles. The molecule has 1 aliphatic heterocycles. The van der Waals surface area contributed by atoms with Crippen molar-refractivity contribution in [3.63, 3.8) is 0 Å². The molecular weight excluding hydrogens is 242 g/mol. The summed E-state index contributed by atoms with van der Waals surface area (Å²) in [6.07, 6.45) is 1.27. The van der Waals surface area contributed by atoms with Gasteiger partial charge in [0.2, 0.25) is 5.91 Å². The number of carbonyl (C=O) groups excluding carboxylic acids is 2. The average Bonchev–Trinajstić information content (AvgIpc) is 2.74. The van der Waals surface area contributed by atoms with Crippen molar-refractivity contribution >= 4 is 23.5 Å². The Morgan fingerprint density at radius 3 is 2.82 bits per heavy atom. The molecule has 0 saturated carbocycles. The first-order valence-electron chi connectivity index (χ1n) is 6.01. The standard InChI is InChI=1S/C11H20ClN3O2/c1-2-15-6-4-9(8-15)7-13-11(17)14-10(16)3-5-12/h9H,2-8H2,1H3,(H2,13,14,16,17). The number of likely N-dealkylation sites (tertiary alicyclic amines) is 1. The van der Waals surface area contributed by atoms with Crippen LogP contribution in [0, 0.1) is 5.92 Å². The third-order valence-electron chi connectivity index (χ3n) is 2.94. The number of carbonyl (C=O) groups is 2. The van der Waals surface area contributed by atoms with Crippen molar-refractivity contribution in [1.29, 1.82) is 0 Å². The quantitative estimate of drug-likeness (QED) is 0.719. The fourth-order valence-corrected chi connectivity index (χ4v) is 2.09. The van der Waals surface area contributed by atoms with E-state index in [1.165, 1.54) is 0 Å². The van der Waals surface area contributed by atoms with E-state index in [1.807, 2.05) is 0 Å². The summed E-state index contributed by atoms with van der Waals surface area (Å²) in [5, 5.41) is 4.96. The molecule has 0 aliphatic carbocycles. The second kappa shape index (κ2) is 7.50. The van der Waals surface area contributed by atoms with Crippen LogP contribution in [0.25, 0.3) is 0 Å². The topological polar surface area (TPSA) is 61.4 Å².